The van der Waals surface area contributed by atoms with Crippen LogP contribution in [0.1, 0.15) is 11.1 Å². The van der Waals surface area contributed by atoms with E-state index in [1.165, 1.54) is 13.0 Å². The normalized spacial score (nSPS) is 15.8. The van der Waals surface area contributed by atoms with Crippen molar-refractivity contribution in [3.63, 3.8) is 0 Å². The minimum atomic E-state index is -4.58. The Morgan fingerprint density at radius 3 is 2.29 bits per heavy atom. The Labute approximate surface area is 185 Å². The molecule has 1 unspecified atom stereocenters. The predicted molar refractivity (Wildman–Crippen MR) is 112 cm³/mol. The van der Waals surface area contributed by atoms with Crippen molar-refractivity contribution in [2.45, 2.75) is 24.4 Å². The average molecular weight is 477 g/mol. The molecule has 1 aliphatic heterocycles. The highest BCUT2D eigenvalue weighted by molar-refractivity contribution is 7.85. The quantitative estimate of drug-likeness (QED) is 0.602. The number of aryl methyl sites for hydroxylation is 1. The third-order valence-electron chi connectivity index (χ3n) is 5.03. The molecule has 1 atom stereocenters. The molecule has 0 spiro atoms. The standard InChI is InChI=1S/C21H21ClF4N2O2S/c1-14-10-17(23)18(12-19(14)31(30)13-21(24,25)26)27-6-8-28(9-7-27)20(29)11-15-2-4-16(22)5-3-15/h2-5,10,12H,6-9,11,13H2,1H3. The number of halogens is 5. The Morgan fingerprint density at radius 1 is 1.10 bits per heavy atom. The molecule has 2 aromatic rings. The fourth-order valence-electron chi connectivity index (χ4n) is 3.44. The second-order valence-corrected chi connectivity index (χ2v) is 9.20. The van der Waals surface area contributed by atoms with Crippen LogP contribution < -0.4 is 4.90 Å². The van der Waals surface area contributed by atoms with Crippen molar-refractivity contribution in [2.75, 3.05) is 36.8 Å². The first-order chi connectivity index (χ1) is 14.5. The van der Waals surface area contributed by atoms with Gasteiger partial charge in [0.25, 0.3) is 0 Å². The molecule has 0 N–H and O–H groups in total. The van der Waals surface area contributed by atoms with Crippen LogP contribution >= 0.6 is 11.6 Å². The highest BCUT2D eigenvalue weighted by Crippen LogP contribution is 2.29. The van der Waals surface area contributed by atoms with Crippen LogP contribution in [0.15, 0.2) is 41.3 Å². The van der Waals surface area contributed by atoms with Crippen LogP contribution in [-0.2, 0) is 22.0 Å². The molecule has 2 aromatic carbocycles. The van der Waals surface area contributed by atoms with Crippen LogP contribution in [0.25, 0.3) is 0 Å². The second kappa shape index (κ2) is 9.56. The first kappa shape index (κ1) is 23.5. The molecule has 0 bridgehead atoms. The lowest BCUT2D eigenvalue weighted by molar-refractivity contribution is -0.130. The first-order valence-corrected chi connectivity index (χ1v) is 11.3. The molecule has 1 amide bonds. The largest absolute Gasteiger partial charge is 0.400 e. The molecule has 1 heterocycles. The number of carbonyl (C=O) groups excluding carboxylic acids is 1. The number of piperazine rings is 1. The van der Waals surface area contributed by atoms with Gasteiger partial charge in [-0.25, -0.2) is 4.39 Å². The van der Waals surface area contributed by atoms with E-state index in [4.69, 9.17) is 11.6 Å². The minimum absolute atomic E-state index is 0.0324. The molecule has 1 aliphatic rings. The number of amides is 1. The highest BCUT2D eigenvalue weighted by atomic mass is 35.5. The van der Waals surface area contributed by atoms with E-state index in [1.54, 1.807) is 34.1 Å². The average Bonchev–Trinajstić information content (AvgIpc) is 2.68. The van der Waals surface area contributed by atoms with Crippen LogP contribution in [0.2, 0.25) is 5.02 Å². The molecule has 0 radical (unpaired) electrons. The fourth-order valence-corrected chi connectivity index (χ4v) is 4.68. The topological polar surface area (TPSA) is 40.6 Å². The summed E-state index contributed by atoms with van der Waals surface area (Å²) >= 11 is 5.85. The van der Waals surface area contributed by atoms with E-state index in [-0.39, 0.29) is 28.5 Å². The predicted octanol–water partition coefficient (Wildman–Crippen LogP) is 4.35. The lowest BCUT2D eigenvalue weighted by atomic mass is 10.1. The van der Waals surface area contributed by atoms with Gasteiger partial charge in [0.1, 0.15) is 11.6 Å². The summed E-state index contributed by atoms with van der Waals surface area (Å²) in [6.07, 6.45) is -4.36. The summed E-state index contributed by atoms with van der Waals surface area (Å²) < 4.78 is 64.6. The van der Waals surface area contributed by atoms with Crippen LogP contribution in [0.4, 0.5) is 23.2 Å². The summed E-state index contributed by atoms with van der Waals surface area (Å²) in [5.74, 6) is -2.14. The van der Waals surface area contributed by atoms with E-state index >= 15 is 0 Å². The lowest BCUT2D eigenvalue weighted by Gasteiger charge is -2.36. The maximum absolute atomic E-state index is 14.5. The van der Waals surface area contributed by atoms with Crippen molar-refractivity contribution in [2.24, 2.45) is 0 Å². The molecule has 168 valence electrons. The van der Waals surface area contributed by atoms with E-state index in [0.717, 1.165) is 11.6 Å². The Balaban J connectivity index is 1.67. The molecule has 10 heteroatoms. The molecule has 31 heavy (non-hydrogen) atoms. The van der Waals surface area contributed by atoms with Crippen LogP contribution in [0.5, 0.6) is 0 Å². The van der Waals surface area contributed by atoms with E-state index in [9.17, 15) is 26.6 Å². The third kappa shape index (κ3) is 6.20. The molecular weight excluding hydrogens is 456 g/mol. The zero-order valence-corrected chi connectivity index (χ0v) is 18.3. The third-order valence-corrected chi connectivity index (χ3v) is 6.80. The van der Waals surface area contributed by atoms with E-state index in [1.807, 2.05) is 0 Å². The molecule has 0 aromatic heterocycles. The van der Waals surface area contributed by atoms with Crippen molar-refractivity contribution in [3.8, 4) is 0 Å². The zero-order valence-electron chi connectivity index (χ0n) is 16.7. The van der Waals surface area contributed by atoms with Gasteiger partial charge in [0.05, 0.1) is 22.9 Å². The van der Waals surface area contributed by atoms with E-state index < -0.39 is 28.5 Å². The number of nitrogens with zero attached hydrogens (tertiary/aromatic N) is 2. The van der Waals surface area contributed by atoms with Crippen LogP contribution in [0, 0.1) is 12.7 Å². The number of carbonyl (C=O) groups is 1. The van der Waals surface area contributed by atoms with Gasteiger partial charge in [-0.05, 0) is 42.3 Å². The number of benzene rings is 2. The maximum Gasteiger partial charge on any atom is 0.400 e. The molecular formula is C21H21ClF4N2O2S. The van der Waals surface area contributed by atoms with E-state index in [0.29, 0.717) is 31.2 Å². The highest BCUT2D eigenvalue weighted by Gasteiger charge is 2.32. The Morgan fingerprint density at radius 2 is 1.71 bits per heavy atom. The summed E-state index contributed by atoms with van der Waals surface area (Å²) in [6.45, 7) is 2.76. The minimum Gasteiger partial charge on any atom is -0.366 e. The Bertz CT molecular complexity index is 975. The SMILES string of the molecule is Cc1cc(F)c(N2CCN(C(=O)Cc3ccc(Cl)cc3)CC2)cc1S(=O)CC(F)(F)F. The maximum atomic E-state index is 14.5. The lowest BCUT2D eigenvalue weighted by Crippen LogP contribution is -2.49. The zero-order chi connectivity index (χ0) is 22.8. The number of rotatable bonds is 5. The van der Waals surface area contributed by atoms with Gasteiger partial charge in [0.15, 0.2) is 0 Å². The van der Waals surface area contributed by atoms with Crippen LogP contribution in [-0.4, -0.2) is 53.1 Å². The molecule has 3 rings (SSSR count). The van der Waals surface area contributed by atoms with Gasteiger partial charge in [-0.1, -0.05) is 23.7 Å². The van der Waals surface area contributed by atoms with Crippen LogP contribution in [0.3, 0.4) is 0 Å². The molecule has 1 saturated heterocycles. The van der Waals surface area contributed by atoms with Crippen molar-refractivity contribution in [1.82, 2.24) is 4.90 Å². The first-order valence-electron chi connectivity index (χ1n) is 9.56. The van der Waals surface area contributed by atoms with Gasteiger partial charge >= 0.3 is 6.18 Å². The van der Waals surface area contributed by atoms with Crippen molar-refractivity contribution < 1.29 is 26.6 Å². The summed E-state index contributed by atoms with van der Waals surface area (Å²) in [5.41, 5.74) is 1.14. The van der Waals surface area contributed by atoms with Gasteiger partial charge in [-0.15, -0.1) is 0 Å². The number of anilines is 1. The Hall–Kier alpha value is -2.13. The molecule has 0 aliphatic carbocycles. The summed E-state index contributed by atoms with van der Waals surface area (Å²) in [7, 11) is -2.32. The fraction of sp³-hybridized carbons (Fsp3) is 0.381. The van der Waals surface area contributed by atoms with Crippen molar-refractivity contribution >= 4 is 34.0 Å². The molecule has 0 saturated carbocycles. The monoisotopic (exact) mass is 476 g/mol. The van der Waals surface area contributed by atoms with Crippen molar-refractivity contribution in [3.05, 3.63) is 58.4 Å². The summed E-state index contributed by atoms with van der Waals surface area (Å²) in [5, 5.41) is 0.584. The number of alkyl halides is 3. The van der Waals surface area contributed by atoms with Gasteiger partial charge in [0, 0.05) is 36.1 Å². The second-order valence-electron chi connectivity index (χ2n) is 7.35. The van der Waals surface area contributed by atoms with E-state index in [2.05, 4.69) is 0 Å². The van der Waals surface area contributed by atoms with Gasteiger partial charge in [-0.2, -0.15) is 13.2 Å². The van der Waals surface area contributed by atoms with Gasteiger partial charge < -0.3 is 9.80 Å². The summed E-state index contributed by atoms with van der Waals surface area (Å²) in [6, 6.07) is 9.32. The molecule has 4 nitrogen and oxygen atoms in total. The molecule has 1 fully saturated rings. The van der Waals surface area contributed by atoms with Gasteiger partial charge in [0.2, 0.25) is 5.91 Å². The smallest absolute Gasteiger partial charge is 0.366 e. The number of hydrogen-bond donors (Lipinski definition) is 0. The Kier molecular flexibility index (Phi) is 7.26. The van der Waals surface area contributed by atoms with Gasteiger partial charge in [-0.3, -0.25) is 9.00 Å². The number of hydrogen-bond acceptors (Lipinski definition) is 3. The summed E-state index contributed by atoms with van der Waals surface area (Å²) in [4.78, 5) is 15.8. The van der Waals surface area contributed by atoms with Crippen molar-refractivity contribution in [1.29, 1.82) is 0 Å².